The lowest BCUT2D eigenvalue weighted by Crippen LogP contribution is -2.45. The van der Waals surface area contributed by atoms with Gasteiger partial charge in [0.05, 0.1) is 0 Å². The van der Waals surface area contributed by atoms with E-state index in [-0.39, 0.29) is 11.9 Å². The number of piperidine rings is 1. The van der Waals surface area contributed by atoms with Gasteiger partial charge in [0, 0.05) is 30.2 Å². The van der Waals surface area contributed by atoms with Crippen LogP contribution in [0, 0.1) is 0 Å². The van der Waals surface area contributed by atoms with Crippen LogP contribution in [0.3, 0.4) is 0 Å². The standard InChI is InChI=1S/C15H19ClN2O/c1-11(12-4-2-5-13(16)9-12)8-15(19)18-7-3-6-14(17)10-18/h2,4-5,8-9,14H,3,6-7,10,17H2,1H3/b11-8-. The number of amides is 1. The fourth-order valence-corrected chi connectivity index (χ4v) is 2.49. The summed E-state index contributed by atoms with van der Waals surface area (Å²) in [6, 6.07) is 7.63. The van der Waals surface area contributed by atoms with Crippen LogP contribution in [0.25, 0.3) is 5.57 Å². The summed E-state index contributed by atoms with van der Waals surface area (Å²) < 4.78 is 0. The fourth-order valence-electron chi connectivity index (χ4n) is 2.30. The van der Waals surface area contributed by atoms with Gasteiger partial charge >= 0.3 is 0 Å². The Morgan fingerprint density at radius 1 is 1.53 bits per heavy atom. The molecule has 1 aliphatic heterocycles. The summed E-state index contributed by atoms with van der Waals surface area (Å²) in [4.78, 5) is 14.0. The van der Waals surface area contributed by atoms with E-state index in [1.54, 1.807) is 6.08 Å². The van der Waals surface area contributed by atoms with E-state index in [1.807, 2.05) is 36.1 Å². The molecule has 1 amide bonds. The first-order valence-electron chi connectivity index (χ1n) is 6.55. The second-order valence-electron chi connectivity index (χ2n) is 5.02. The fraction of sp³-hybridized carbons (Fsp3) is 0.400. The van der Waals surface area contributed by atoms with E-state index in [1.165, 1.54) is 0 Å². The molecule has 1 unspecified atom stereocenters. The van der Waals surface area contributed by atoms with Gasteiger partial charge in [-0.3, -0.25) is 4.79 Å². The number of rotatable bonds is 2. The number of hydrogen-bond donors (Lipinski definition) is 1. The van der Waals surface area contributed by atoms with Crippen LogP contribution in [0.2, 0.25) is 5.02 Å². The molecule has 1 aliphatic rings. The molecule has 102 valence electrons. The van der Waals surface area contributed by atoms with Crippen LogP contribution in [0.4, 0.5) is 0 Å². The second-order valence-corrected chi connectivity index (χ2v) is 5.46. The molecule has 1 fully saturated rings. The summed E-state index contributed by atoms with van der Waals surface area (Å²) in [6.07, 6.45) is 3.65. The molecule has 0 saturated carbocycles. The second kappa shape index (κ2) is 6.22. The quantitative estimate of drug-likeness (QED) is 0.846. The number of benzene rings is 1. The smallest absolute Gasteiger partial charge is 0.246 e. The Balaban J connectivity index is 2.09. The Kier molecular flexibility index (Phi) is 4.61. The van der Waals surface area contributed by atoms with E-state index in [0.717, 1.165) is 30.5 Å². The molecule has 1 saturated heterocycles. The molecule has 3 nitrogen and oxygen atoms in total. The number of allylic oxidation sites excluding steroid dienone is 1. The molecule has 0 aliphatic carbocycles. The summed E-state index contributed by atoms with van der Waals surface area (Å²) in [5.41, 5.74) is 7.79. The van der Waals surface area contributed by atoms with Gasteiger partial charge in [0.25, 0.3) is 0 Å². The third kappa shape index (κ3) is 3.82. The molecule has 0 radical (unpaired) electrons. The molecule has 19 heavy (non-hydrogen) atoms. The normalized spacial score (nSPS) is 20.5. The summed E-state index contributed by atoms with van der Waals surface area (Å²) in [6.45, 7) is 3.37. The van der Waals surface area contributed by atoms with Crippen LogP contribution in [0.1, 0.15) is 25.3 Å². The van der Waals surface area contributed by atoms with Gasteiger partial charge in [-0.15, -0.1) is 0 Å². The minimum Gasteiger partial charge on any atom is -0.338 e. The first-order valence-corrected chi connectivity index (χ1v) is 6.93. The monoisotopic (exact) mass is 278 g/mol. The van der Waals surface area contributed by atoms with Crippen LogP contribution < -0.4 is 5.73 Å². The number of nitrogens with zero attached hydrogens (tertiary/aromatic N) is 1. The predicted octanol–water partition coefficient (Wildman–Crippen LogP) is 2.69. The molecular formula is C15H19ClN2O. The molecule has 1 atom stereocenters. The molecule has 2 N–H and O–H groups in total. The van der Waals surface area contributed by atoms with E-state index >= 15 is 0 Å². The summed E-state index contributed by atoms with van der Waals surface area (Å²) in [5, 5.41) is 0.678. The molecule has 0 spiro atoms. The van der Waals surface area contributed by atoms with Crippen molar-refractivity contribution in [3.05, 3.63) is 40.9 Å². The highest BCUT2D eigenvalue weighted by Gasteiger charge is 2.19. The van der Waals surface area contributed by atoms with Gasteiger partial charge in [-0.25, -0.2) is 0 Å². The minimum absolute atomic E-state index is 0.0348. The van der Waals surface area contributed by atoms with E-state index < -0.39 is 0 Å². The lowest BCUT2D eigenvalue weighted by Gasteiger charge is -2.30. The van der Waals surface area contributed by atoms with Crippen LogP contribution in [0.5, 0.6) is 0 Å². The van der Waals surface area contributed by atoms with Gasteiger partial charge in [-0.05, 0) is 43.0 Å². The number of carbonyl (C=O) groups excluding carboxylic acids is 1. The highest BCUT2D eigenvalue weighted by Crippen LogP contribution is 2.19. The molecule has 0 bridgehead atoms. The maximum absolute atomic E-state index is 12.2. The summed E-state index contributed by atoms with van der Waals surface area (Å²) in [7, 11) is 0. The molecule has 1 aromatic rings. The Hall–Kier alpha value is -1.32. The third-order valence-corrected chi connectivity index (χ3v) is 3.62. The van der Waals surface area contributed by atoms with Crippen molar-refractivity contribution in [1.82, 2.24) is 4.90 Å². The summed E-state index contributed by atoms with van der Waals surface area (Å²) in [5.74, 6) is 0.0348. The molecule has 4 heteroatoms. The molecular weight excluding hydrogens is 260 g/mol. The van der Waals surface area contributed by atoms with E-state index in [4.69, 9.17) is 17.3 Å². The predicted molar refractivity (Wildman–Crippen MR) is 78.9 cm³/mol. The number of likely N-dealkylation sites (tertiary alicyclic amines) is 1. The minimum atomic E-state index is 0.0348. The van der Waals surface area contributed by atoms with Crippen LogP contribution in [-0.4, -0.2) is 29.9 Å². The lowest BCUT2D eigenvalue weighted by atomic mass is 10.0. The summed E-state index contributed by atoms with van der Waals surface area (Å²) >= 11 is 5.95. The lowest BCUT2D eigenvalue weighted by molar-refractivity contribution is -0.127. The van der Waals surface area contributed by atoms with Gasteiger partial charge < -0.3 is 10.6 Å². The van der Waals surface area contributed by atoms with Gasteiger partial charge in [0.2, 0.25) is 5.91 Å². The van der Waals surface area contributed by atoms with Gasteiger partial charge in [0.15, 0.2) is 0 Å². The van der Waals surface area contributed by atoms with Crippen molar-refractivity contribution in [3.8, 4) is 0 Å². The average molecular weight is 279 g/mol. The van der Waals surface area contributed by atoms with Gasteiger partial charge in [-0.2, -0.15) is 0 Å². The van der Waals surface area contributed by atoms with Crippen LogP contribution in [0.15, 0.2) is 30.3 Å². The molecule has 2 rings (SSSR count). The van der Waals surface area contributed by atoms with Crippen molar-refractivity contribution >= 4 is 23.1 Å². The SMILES string of the molecule is C/C(=C/C(=O)N1CCCC(N)C1)c1cccc(Cl)c1. The Morgan fingerprint density at radius 3 is 3.00 bits per heavy atom. The van der Waals surface area contributed by atoms with Crippen molar-refractivity contribution in [1.29, 1.82) is 0 Å². The Bertz CT molecular complexity index is 499. The van der Waals surface area contributed by atoms with Gasteiger partial charge in [0.1, 0.15) is 0 Å². The molecule has 1 aromatic carbocycles. The highest BCUT2D eigenvalue weighted by atomic mass is 35.5. The zero-order valence-electron chi connectivity index (χ0n) is 11.1. The molecule has 0 aromatic heterocycles. The first kappa shape index (κ1) is 14.1. The maximum Gasteiger partial charge on any atom is 0.246 e. The zero-order valence-corrected chi connectivity index (χ0v) is 11.9. The zero-order chi connectivity index (χ0) is 13.8. The highest BCUT2D eigenvalue weighted by molar-refractivity contribution is 6.30. The van der Waals surface area contributed by atoms with E-state index in [9.17, 15) is 4.79 Å². The van der Waals surface area contributed by atoms with Crippen molar-refractivity contribution in [3.63, 3.8) is 0 Å². The topological polar surface area (TPSA) is 46.3 Å². The maximum atomic E-state index is 12.2. The number of carbonyl (C=O) groups is 1. The van der Waals surface area contributed by atoms with Crippen molar-refractivity contribution in [2.24, 2.45) is 5.73 Å². The van der Waals surface area contributed by atoms with Crippen molar-refractivity contribution < 1.29 is 4.79 Å². The Labute approximate surface area is 119 Å². The Morgan fingerprint density at radius 2 is 2.32 bits per heavy atom. The largest absolute Gasteiger partial charge is 0.338 e. The first-order chi connectivity index (χ1) is 9.06. The van der Waals surface area contributed by atoms with Crippen molar-refractivity contribution in [2.45, 2.75) is 25.8 Å². The number of hydrogen-bond acceptors (Lipinski definition) is 2. The van der Waals surface area contributed by atoms with E-state index in [0.29, 0.717) is 11.6 Å². The van der Waals surface area contributed by atoms with E-state index in [2.05, 4.69) is 0 Å². The molecule has 1 heterocycles. The third-order valence-electron chi connectivity index (χ3n) is 3.39. The average Bonchev–Trinajstić information content (AvgIpc) is 2.38. The van der Waals surface area contributed by atoms with Gasteiger partial charge in [-0.1, -0.05) is 23.7 Å². The van der Waals surface area contributed by atoms with Crippen LogP contribution in [-0.2, 0) is 4.79 Å². The number of nitrogens with two attached hydrogens (primary N) is 1. The van der Waals surface area contributed by atoms with Crippen LogP contribution >= 0.6 is 11.6 Å². The number of halogens is 1. The van der Waals surface area contributed by atoms with Crippen molar-refractivity contribution in [2.75, 3.05) is 13.1 Å².